The normalized spacial score (nSPS) is 12.6. The van der Waals surface area contributed by atoms with Crippen LogP contribution in [0.3, 0.4) is 0 Å². The lowest BCUT2D eigenvalue weighted by Crippen LogP contribution is -2.22. The topological polar surface area (TPSA) is 12.0 Å². The zero-order valence-electron chi connectivity index (χ0n) is 11.0. The number of thiophene rings is 1. The van der Waals surface area contributed by atoms with Crippen molar-refractivity contribution < 1.29 is 0 Å². The van der Waals surface area contributed by atoms with Crippen molar-refractivity contribution >= 4 is 38.9 Å². The van der Waals surface area contributed by atoms with Crippen LogP contribution in [-0.4, -0.2) is 6.54 Å². The number of aryl methyl sites for hydroxylation is 1. The lowest BCUT2D eigenvalue weighted by molar-refractivity contribution is 0.600. The van der Waals surface area contributed by atoms with Crippen LogP contribution in [0.25, 0.3) is 0 Å². The van der Waals surface area contributed by atoms with Crippen molar-refractivity contribution in [3.05, 3.63) is 55.1 Å². The van der Waals surface area contributed by atoms with E-state index in [0.717, 1.165) is 22.5 Å². The molecule has 0 spiro atoms. The largest absolute Gasteiger partial charge is 0.306 e. The molecule has 1 aromatic carbocycles. The van der Waals surface area contributed by atoms with E-state index in [1.54, 1.807) is 11.3 Å². The standard InChI is InChI=1S/C15H17BrClNS/c1-3-6-18-15(12-7-10(2)19-9-12)11-4-5-13(16)14(17)8-11/h4-5,7-9,15,18H,3,6H2,1-2H3. The Bertz CT molecular complexity index is 553. The second kappa shape index (κ2) is 6.89. The van der Waals surface area contributed by atoms with E-state index in [4.69, 9.17) is 11.6 Å². The van der Waals surface area contributed by atoms with Gasteiger partial charge in [-0.2, -0.15) is 0 Å². The molecule has 1 aromatic heterocycles. The summed E-state index contributed by atoms with van der Waals surface area (Å²) < 4.78 is 0.939. The molecule has 1 N–H and O–H groups in total. The molecule has 0 radical (unpaired) electrons. The molecule has 2 aromatic rings. The van der Waals surface area contributed by atoms with Gasteiger partial charge in [-0.3, -0.25) is 0 Å². The Kier molecular flexibility index (Phi) is 5.46. The summed E-state index contributed by atoms with van der Waals surface area (Å²) in [4.78, 5) is 1.33. The van der Waals surface area contributed by atoms with Crippen molar-refractivity contribution in [3.8, 4) is 0 Å². The minimum Gasteiger partial charge on any atom is -0.306 e. The van der Waals surface area contributed by atoms with Crippen LogP contribution in [0.4, 0.5) is 0 Å². The fourth-order valence-electron chi connectivity index (χ4n) is 2.02. The number of halogens is 2. The van der Waals surface area contributed by atoms with E-state index in [9.17, 15) is 0 Å². The van der Waals surface area contributed by atoms with Gasteiger partial charge in [-0.05, 0) is 70.5 Å². The summed E-state index contributed by atoms with van der Waals surface area (Å²) >= 11 is 11.4. The molecular weight excluding hydrogens is 342 g/mol. The number of benzene rings is 1. The molecule has 0 aliphatic rings. The van der Waals surface area contributed by atoms with Gasteiger partial charge in [0.05, 0.1) is 11.1 Å². The Labute approximate surface area is 132 Å². The van der Waals surface area contributed by atoms with E-state index in [0.29, 0.717) is 0 Å². The van der Waals surface area contributed by atoms with Crippen LogP contribution in [-0.2, 0) is 0 Å². The third-order valence-electron chi connectivity index (χ3n) is 2.96. The van der Waals surface area contributed by atoms with E-state index in [-0.39, 0.29) is 6.04 Å². The van der Waals surface area contributed by atoms with Crippen LogP contribution in [0, 0.1) is 6.92 Å². The zero-order chi connectivity index (χ0) is 13.8. The van der Waals surface area contributed by atoms with Crippen LogP contribution in [0.2, 0.25) is 5.02 Å². The molecule has 0 aliphatic carbocycles. The molecule has 19 heavy (non-hydrogen) atoms. The van der Waals surface area contributed by atoms with Gasteiger partial charge in [0.15, 0.2) is 0 Å². The maximum atomic E-state index is 6.21. The lowest BCUT2D eigenvalue weighted by atomic mass is 10.0. The Balaban J connectivity index is 2.33. The lowest BCUT2D eigenvalue weighted by Gasteiger charge is -2.18. The second-order valence-electron chi connectivity index (χ2n) is 4.55. The van der Waals surface area contributed by atoms with Crippen LogP contribution >= 0.6 is 38.9 Å². The predicted octanol–water partition coefficient (Wildman–Crippen LogP) is 5.56. The molecule has 0 saturated carbocycles. The zero-order valence-corrected chi connectivity index (χ0v) is 14.2. The average molecular weight is 359 g/mol. The molecule has 1 atom stereocenters. The van der Waals surface area contributed by atoms with Gasteiger partial charge < -0.3 is 5.32 Å². The minimum atomic E-state index is 0.218. The van der Waals surface area contributed by atoms with Gasteiger partial charge in [-0.15, -0.1) is 11.3 Å². The van der Waals surface area contributed by atoms with E-state index in [1.165, 1.54) is 16.0 Å². The Morgan fingerprint density at radius 3 is 2.68 bits per heavy atom. The predicted molar refractivity (Wildman–Crippen MR) is 88.3 cm³/mol. The van der Waals surface area contributed by atoms with Gasteiger partial charge >= 0.3 is 0 Å². The van der Waals surface area contributed by atoms with Crippen molar-refractivity contribution in [2.24, 2.45) is 0 Å². The van der Waals surface area contributed by atoms with E-state index >= 15 is 0 Å². The maximum absolute atomic E-state index is 6.21. The highest BCUT2D eigenvalue weighted by Crippen LogP contribution is 2.31. The van der Waals surface area contributed by atoms with E-state index < -0.39 is 0 Å². The molecule has 1 heterocycles. The van der Waals surface area contributed by atoms with Crippen molar-refractivity contribution in [1.29, 1.82) is 0 Å². The summed E-state index contributed by atoms with van der Waals surface area (Å²) in [5.41, 5.74) is 2.52. The molecule has 1 unspecified atom stereocenters. The maximum Gasteiger partial charge on any atom is 0.0585 e. The Hall–Kier alpha value is -0.350. The van der Waals surface area contributed by atoms with Crippen molar-refractivity contribution in [1.82, 2.24) is 5.32 Å². The Morgan fingerprint density at radius 1 is 1.32 bits per heavy atom. The monoisotopic (exact) mass is 357 g/mol. The van der Waals surface area contributed by atoms with Gasteiger partial charge in [0.2, 0.25) is 0 Å². The second-order valence-corrected chi connectivity index (χ2v) is 6.93. The highest BCUT2D eigenvalue weighted by molar-refractivity contribution is 9.10. The molecule has 0 amide bonds. The van der Waals surface area contributed by atoms with Crippen LogP contribution in [0.5, 0.6) is 0 Å². The molecule has 0 bridgehead atoms. The summed E-state index contributed by atoms with van der Waals surface area (Å²) in [5.74, 6) is 0. The summed E-state index contributed by atoms with van der Waals surface area (Å²) in [5, 5.41) is 6.57. The van der Waals surface area contributed by atoms with Gasteiger partial charge in [-0.25, -0.2) is 0 Å². The first-order chi connectivity index (χ1) is 9.11. The molecule has 102 valence electrons. The first kappa shape index (κ1) is 15.0. The average Bonchev–Trinajstić information content (AvgIpc) is 2.80. The highest BCUT2D eigenvalue weighted by Gasteiger charge is 2.15. The molecule has 0 aliphatic heterocycles. The molecule has 0 fully saturated rings. The summed E-state index contributed by atoms with van der Waals surface area (Å²) in [6.45, 7) is 5.31. The third kappa shape index (κ3) is 3.82. The summed E-state index contributed by atoms with van der Waals surface area (Å²) in [7, 11) is 0. The number of rotatable bonds is 5. The highest BCUT2D eigenvalue weighted by atomic mass is 79.9. The quantitative estimate of drug-likeness (QED) is 0.737. The minimum absolute atomic E-state index is 0.218. The Morgan fingerprint density at radius 2 is 2.11 bits per heavy atom. The fourth-order valence-corrected chi connectivity index (χ4v) is 3.19. The van der Waals surface area contributed by atoms with Crippen molar-refractivity contribution in [2.45, 2.75) is 26.3 Å². The number of hydrogen-bond donors (Lipinski definition) is 1. The first-order valence-electron chi connectivity index (χ1n) is 6.35. The fraction of sp³-hybridized carbons (Fsp3) is 0.333. The molecule has 4 heteroatoms. The molecule has 1 nitrogen and oxygen atoms in total. The SMILES string of the molecule is CCCNC(c1csc(C)c1)c1ccc(Br)c(Cl)c1. The van der Waals surface area contributed by atoms with Crippen LogP contribution in [0.15, 0.2) is 34.1 Å². The molecular formula is C15H17BrClNS. The van der Waals surface area contributed by atoms with E-state index in [2.05, 4.69) is 52.6 Å². The van der Waals surface area contributed by atoms with Gasteiger partial charge in [0.1, 0.15) is 0 Å². The van der Waals surface area contributed by atoms with Gasteiger partial charge in [0.25, 0.3) is 0 Å². The molecule has 2 rings (SSSR count). The van der Waals surface area contributed by atoms with E-state index in [1.807, 2.05) is 12.1 Å². The summed E-state index contributed by atoms with van der Waals surface area (Å²) in [6, 6.07) is 8.63. The number of hydrogen-bond acceptors (Lipinski definition) is 2. The molecule has 0 saturated heterocycles. The summed E-state index contributed by atoms with van der Waals surface area (Å²) in [6.07, 6.45) is 1.11. The number of nitrogens with one attached hydrogen (secondary N) is 1. The first-order valence-corrected chi connectivity index (χ1v) is 8.40. The van der Waals surface area contributed by atoms with Gasteiger partial charge in [-0.1, -0.05) is 24.6 Å². The smallest absolute Gasteiger partial charge is 0.0585 e. The van der Waals surface area contributed by atoms with Gasteiger partial charge in [0, 0.05) is 9.35 Å². The van der Waals surface area contributed by atoms with Crippen molar-refractivity contribution in [2.75, 3.05) is 6.54 Å². The van der Waals surface area contributed by atoms with Crippen LogP contribution in [0.1, 0.15) is 35.4 Å². The third-order valence-corrected chi connectivity index (χ3v) is 5.07. The van der Waals surface area contributed by atoms with Crippen LogP contribution < -0.4 is 5.32 Å². The van der Waals surface area contributed by atoms with Crippen molar-refractivity contribution in [3.63, 3.8) is 0 Å².